The number of aliphatic imine (C=N–C) groups is 1. The molecule has 3 aliphatic rings. The molecule has 1 unspecified atom stereocenters. The van der Waals surface area contributed by atoms with E-state index in [1.165, 1.54) is 27.8 Å². The molecular formula is C26H28BrFN4O6S2. The van der Waals surface area contributed by atoms with Gasteiger partial charge < -0.3 is 15.2 Å². The van der Waals surface area contributed by atoms with Crippen LogP contribution in [0.5, 0.6) is 0 Å². The number of aromatic nitrogens is 1. The molecule has 1 aliphatic carbocycles. The smallest absolute Gasteiger partial charge is 0.338 e. The fourth-order valence-electron chi connectivity index (χ4n) is 5.34. The molecule has 5 rings (SSSR count). The van der Waals surface area contributed by atoms with Gasteiger partial charge in [0, 0.05) is 40.8 Å². The second-order valence-corrected chi connectivity index (χ2v) is 13.9. The number of aliphatic carboxylic acids is 1. The molecule has 214 valence electrons. The molecule has 0 bridgehead atoms. The number of benzene rings is 1. The quantitative estimate of drug-likeness (QED) is 0.409. The number of hydrogen-bond acceptors (Lipinski definition) is 9. The van der Waals surface area contributed by atoms with Crippen LogP contribution in [0, 0.1) is 17.7 Å². The van der Waals surface area contributed by atoms with E-state index in [1.54, 1.807) is 19.2 Å². The summed E-state index contributed by atoms with van der Waals surface area (Å²) < 4.78 is 47.6. The molecule has 14 heteroatoms. The molecule has 1 saturated heterocycles. The summed E-state index contributed by atoms with van der Waals surface area (Å²) in [7, 11) is -3.63. The van der Waals surface area contributed by atoms with Crippen molar-refractivity contribution in [2.45, 2.75) is 43.9 Å². The number of halogens is 2. The highest BCUT2D eigenvalue weighted by Gasteiger charge is 2.46. The molecule has 1 aromatic heterocycles. The van der Waals surface area contributed by atoms with Crippen LogP contribution < -0.4 is 5.32 Å². The first kappa shape index (κ1) is 28.8. The highest BCUT2D eigenvalue weighted by molar-refractivity contribution is 9.10. The predicted molar refractivity (Wildman–Crippen MR) is 150 cm³/mol. The van der Waals surface area contributed by atoms with E-state index in [1.807, 2.05) is 5.38 Å². The number of rotatable bonds is 8. The fourth-order valence-corrected chi connectivity index (χ4v) is 8.59. The second-order valence-electron chi connectivity index (χ2n) is 9.90. The van der Waals surface area contributed by atoms with Crippen LogP contribution >= 0.6 is 27.3 Å². The molecule has 3 heterocycles. The normalized spacial score (nSPS) is 24.2. The van der Waals surface area contributed by atoms with Crippen LogP contribution in [0.3, 0.4) is 0 Å². The molecule has 0 radical (unpaired) electrons. The van der Waals surface area contributed by atoms with Gasteiger partial charge in [-0.15, -0.1) is 11.3 Å². The number of carbonyl (C=O) groups is 2. The van der Waals surface area contributed by atoms with Gasteiger partial charge in [0.05, 0.1) is 23.3 Å². The summed E-state index contributed by atoms with van der Waals surface area (Å²) in [4.78, 5) is 33.8. The van der Waals surface area contributed by atoms with E-state index in [-0.39, 0.29) is 38.5 Å². The summed E-state index contributed by atoms with van der Waals surface area (Å²) in [6, 6.07) is 3.39. The Kier molecular flexibility index (Phi) is 8.41. The van der Waals surface area contributed by atoms with E-state index in [4.69, 9.17) is 14.8 Å². The largest absolute Gasteiger partial charge is 0.481 e. The number of carboxylic acids is 1. The van der Waals surface area contributed by atoms with Crippen LogP contribution in [0.15, 0.2) is 50.5 Å². The molecule has 0 spiro atoms. The maximum absolute atomic E-state index is 14.0. The Hall–Kier alpha value is -2.68. The zero-order chi connectivity index (χ0) is 28.6. The Morgan fingerprint density at radius 2 is 2.00 bits per heavy atom. The standard InChI is InChI=1S/C26H28BrFN4O6S2/c1-2-38-26(35)20-21(14-5-8-32(9-6-14)40(36,37)17-11-15(12-17)25(33)34)30-23(24-29-7-10-39-24)31-22(20)18-4-3-16(28)13-19(18)27/h3-4,7,10,13-15,17,22H,2,5-6,8-9,11-12H2,1H3,(H,30,31)(H,33,34)/t15-,17-,22?. The lowest BCUT2D eigenvalue weighted by atomic mass is 9.85. The van der Waals surface area contributed by atoms with Gasteiger partial charge in [0.15, 0.2) is 10.8 Å². The number of nitrogens with one attached hydrogen (secondary N) is 1. The van der Waals surface area contributed by atoms with E-state index in [0.717, 1.165) is 0 Å². The van der Waals surface area contributed by atoms with E-state index in [9.17, 15) is 22.4 Å². The van der Waals surface area contributed by atoms with E-state index in [2.05, 4.69) is 26.2 Å². The zero-order valence-electron chi connectivity index (χ0n) is 21.5. The summed E-state index contributed by atoms with van der Waals surface area (Å²) in [6.07, 6.45) is 2.76. The Morgan fingerprint density at radius 1 is 1.27 bits per heavy atom. The average Bonchev–Trinajstić information content (AvgIpc) is 3.42. The molecular weight excluding hydrogens is 627 g/mol. The third-order valence-corrected chi connectivity index (χ3v) is 11.3. The third kappa shape index (κ3) is 5.58. The lowest BCUT2D eigenvalue weighted by molar-refractivity contribution is -0.144. The van der Waals surface area contributed by atoms with Crippen molar-refractivity contribution in [2.75, 3.05) is 19.7 Å². The molecule has 2 aromatic rings. The number of thiazole rings is 1. The first-order valence-corrected chi connectivity index (χ1v) is 16.1. The molecule has 2 N–H and O–H groups in total. The Labute approximate surface area is 243 Å². The minimum absolute atomic E-state index is 0.124. The lowest BCUT2D eigenvalue weighted by Crippen LogP contribution is -2.50. The van der Waals surface area contributed by atoms with Gasteiger partial charge in [0.25, 0.3) is 0 Å². The number of ether oxygens (including phenoxy) is 1. The van der Waals surface area contributed by atoms with E-state index in [0.29, 0.717) is 45.0 Å². The number of allylic oxidation sites excluding steroid dienone is 1. The Balaban J connectivity index is 1.47. The lowest BCUT2D eigenvalue weighted by Gasteiger charge is -2.40. The number of piperidine rings is 1. The van der Waals surface area contributed by atoms with Crippen LogP contribution in [-0.2, 0) is 24.3 Å². The van der Waals surface area contributed by atoms with Gasteiger partial charge in [-0.3, -0.25) is 9.79 Å². The van der Waals surface area contributed by atoms with E-state index >= 15 is 0 Å². The second kappa shape index (κ2) is 11.7. The number of nitrogens with zero attached hydrogens (tertiary/aromatic N) is 3. The van der Waals surface area contributed by atoms with Crippen molar-refractivity contribution in [2.24, 2.45) is 16.8 Å². The van der Waals surface area contributed by atoms with Crippen molar-refractivity contribution in [3.05, 3.63) is 61.9 Å². The van der Waals surface area contributed by atoms with Crippen LogP contribution in [0.25, 0.3) is 0 Å². The molecule has 1 atom stereocenters. The van der Waals surface area contributed by atoms with Crippen LogP contribution in [0.2, 0.25) is 0 Å². The highest BCUT2D eigenvalue weighted by atomic mass is 79.9. The number of hydrogen-bond donors (Lipinski definition) is 2. The van der Waals surface area contributed by atoms with Crippen LogP contribution in [-0.4, -0.2) is 65.5 Å². The highest BCUT2D eigenvalue weighted by Crippen LogP contribution is 2.41. The van der Waals surface area contributed by atoms with Crippen molar-refractivity contribution < 1.29 is 32.2 Å². The number of carbonyl (C=O) groups excluding carboxylic acids is 1. The zero-order valence-corrected chi connectivity index (χ0v) is 24.8. The van der Waals surface area contributed by atoms with Crippen LogP contribution in [0.1, 0.15) is 49.2 Å². The van der Waals surface area contributed by atoms with Crippen LogP contribution in [0.4, 0.5) is 4.39 Å². The summed E-state index contributed by atoms with van der Waals surface area (Å²) in [5, 5.41) is 14.2. The van der Waals surface area contributed by atoms with Crippen molar-refractivity contribution >= 4 is 55.1 Å². The Bertz CT molecular complexity index is 1470. The molecule has 40 heavy (non-hydrogen) atoms. The van der Waals surface area contributed by atoms with Crippen molar-refractivity contribution in [1.82, 2.24) is 14.6 Å². The topological polar surface area (TPSA) is 138 Å². The molecule has 1 saturated carbocycles. The van der Waals surface area contributed by atoms with Gasteiger partial charge in [-0.05, 0) is 50.3 Å². The van der Waals surface area contributed by atoms with Crippen molar-refractivity contribution in [3.63, 3.8) is 0 Å². The van der Waals surface area contributed by atoms with Crippen molar-refractivity contribution in [3.8, 4) is 0 Å². The monoisotopic (exact) mass is 654 g/mol. The fraction of sp³-hybridized carbons (Fsp3) is 0.462. The summed E-state index contributed by atoms with van der Waals surface area (Å²) in [6.45, 7) is 2.32. The number of sulfonamides is 1. The summed E-state index contributed by atoms with van der Waals surface area (Å²) >= 11 is 4.80. The number of carboxylic acid groups (broad SMARTS) is 1. The Morgan fingerprint density at radius 3 is 2.60 bits per heavy atom. The molecule has 2 aliphatic heterocycles. The SMILES string of the molecule is CCOC(=O)C1=C(C2CCN(S(=O)(=O)[C@H]3C[C@H](C(=O)O)C3)CC2)NC(c2nccs2)=NC1c1ccc(F)cc1Br. The molecule has 10 nitrogen and oxygen atoms in total. The van der Waals surface area contributed by atoms with Gasteiger partial charge in [0.2, 0.25) is 10.0 Å². The maximum atomic E-state index is 14.0. The van der Waals surface area contributed by atoms with Gasteiger partial charge in [0.1, 0.15) is 11.9 Å². The first-order valence-electron chi connectivity index (χ1n) is 12.9. The predicted octanol–water partition coefficient (Wildman–Crippen LogP) is 3.86. The molecule has 1 aromatic carbocycles. The summed E-state index contributed by atoms with van der Waals surface area (Å²) in [5.41, 5.74) is 1.46. The van der Waals surface area contributed by atoms with Gasteiger partial charge in [-0.25, -0.2) is 26.9 Å². The number of esters is 1. The molecule has 0 amide bonds. The minimum atomic E-state index is -3.63. The third-order valence-electron chi connectivity index (χ3n) is 7.55. The van der Waals surface area contributed by atoms with Gasteiger partial charge >= 0.3 is 11.9 Å². The summed E-state index contributed by atoms with van der Waals surface area (Å²) in [5.74, 6) is -2.34. The number of amidine groups is 1. The van der Waals surface area contributed by atoms with E-state index < -0.39 is 45.0 Å². The molecule has 2 fully saturated rings. The minimum Gasteiger partial charge on any atom is -0.481 e. The average molecular weight is 656 g/mol. The van der Waals surface area contributed by atoms with Crippen molar-refractivity contribution in [1.29, 1.82) is 0 Å². The van der Waals surface area contributed by atoms with Gasteiger partial charge in [-0.2, -0.15) is 0 Å². The van der Waals surface area contributed by atoms with Gasteiger partial charge in [-0.1, -0.05) is 22.0 Å². The first-order chi connectivity index (χ1) is 19.1. The maximum Gasteiger partial charge on any atom is 0.338 e.